The molecule has 0 fully saturated rings. The summed E-state index contributed by atoms with van der Waals surface area (Å²) in [6.07, 6.45) is 0. The highest BCUT2D eigenvalue weighted by atomic mass is 16.5. The fraction of sp³-hybridized carbons (Fsp3) is 0.111. The molecule has 0 bridgehead atoms. The zero-order valence-corrected chi connectivity index (χ0v) is 6.29. The molecule has 1 aromatic rings. The minimum Gasteiger partial charge on any atom is -0.461 e. The molecule has 58 valence electrons. The van der Waals surface area contributed by atoms with Crippen LogP contribution < -0.4 is 10.5 Å². The minimum atomic E-state index is 0.356. The summed E-state index contributed by atoms with van der Waals surface area (Å²) in [5.41, 5.74) is 5.30. The lowest BCUT2D eigenvalue weighted by Crippen LogP contribution is -2.07. The number of rotatable bonds is 3. The van der Waals surface area contributed by atoms with E-state index in [2.05, 4.69) is 6.58 Å². The summed E-state index contributed by atoms with van der Waals surface area (Å²) >= 11 is 0. The number of para-hydroxylation sites is 1. The van der Waals surface area contributed by atoms with Crippen LogP contribution in [0.3, 0.4) is 0 Å². The van der Waals surface area contributed by atoms with Crippen LogP contribution in [0, 0.1) is 0 Å². The Balaban J connectivity index is 2.58. The molecule has 1 rings (SSSR count). The van der Waals surface area contributed by atoms with E-state index in [1.807, 2.05) is 30.3 Å². The largest absolute Gasteiger partial charge is 0.461 e. The molecule has 0 aliphatic carbocycles. The lowest BCUT2D eigenvalue weighted by atomic mass is 10.3. The molecule has 0 amide bonds. The Morgan fingerprint density at radius 3 is 2.55 bits per heavy atom. The molecular formula is C9H11NO. The smallest absolute Gasteiger partial charge is 0.126 e. The molecule has 0 aliphatic rings. The van der Waals surface area contributed by atoms with Crippen LogP contribution in [-0.2, 0) is 0 Å². The predicted octanol–water partition coefficient (Wildman–Crippen LogP) is 1.54. The zero-order valence-electron chi connectivity index (χ0n) is 6.29. The molecule has 0 saturated heterocycles. The van der Waals surface area contributed by atoms with Gasteiger partial charge in [0.25, 0.3) is 0 Å². The van der Waals surface area contributed by atoms with Gasteiger partial charge < -0.3 is 10.5 Å². The normalized spacial score (nSPS) is 9.18. The second kappa shape index (κ2) is 3.78. The van der Waals surface area contributed by atoms with Crippen LogP contribution in [0.1, 0.15) is 0 Å². The molecule has 2 N–H and O–H groups in total. The quantitative estimate of drug-likeness (QED) is 0.661. The molecule has 1 aromatic carbocycles. The van der Waals surface area contributed by atoms with Crippen molar-refractivity contribution >= 4 is 0 Å². The van der Waals surface area contributed by atoms with E-state index in [0.717, 1.165) is 5.75 Å². The predicted molar refractivity (Wildman–Crippen MR) is 45.3 cm³/mol. The Morgan fingerprint density at radius 2 is 2.00 bits per heavy atom. The number of hydrogen-bond donors (Lipinski definition) is 1. The van der Waals surface area contributed by atoms with E-state index in [0.29, 0.717) is 12.3 Å². The van der Waals surface area contributed by atoms with E-state index >= 15 is 0 Å². The number of hydrogen-bond acceptors (Lipinski definition) is 2. The molecule has 0 aromatic heterocycles. The Morgan fingerprint density at radius 1 is 1.36 bits per heavy atom. The summed E-state index contributed by atoms with van der Waals surface area (Å²) in [4.78, 5) is 0. The maximum absolute atomic E-state index is 5.30. The van der Waals surface area contributed by atoms with Gasteiger partial charge in [-0.05, 0) is 12.1 Å². The number of ether oxygens (including phenoxy) is 1. The van der Waals surface area contributed by atoms with Crippen molar-refractivity contribution in [3.8, 4) is 5.75 Å². The molecule has 0 radical (unpaired) electrons. The SMILES string of the molecule is C=C(CN)Oc1ccccc1. The topological polar surface area (TPSA) is 35.2 Å². The molecule has 0 aliphatic heterocycles. The minimum absolute atomic E-state index is 0.356. The van der Waals surface area contributed by atoms with Crippen LogP contribution in [0.15, 0.2) is 42.7 Å². The lowest BCUT2D eigenvalue weighted by molar-refractivity contribution is 0.420. The van der Waals surface area contributed by atoms with Crippen LogP contribution in [0.5, 0.6) is 5.75 Å². The van der Waals surface area contributed by atoms with Crippen molar-refractivity contribution in [3.63, 3.8) is 0 Å². The lowest BCUT2D eigenvalue weighted by Gasteiger charge is -2.04. The second-order valence-electron chi connectivity index (χ2n) is 2.16. The van der Waals surface area contributed by atoms with Gasteiger partial charge in [0, 0.05) is 0 Å². The van der Waals surface area contributed by atoms with Crippen LogP contribution >= 0.6 is 0 Å². The molecular weight excluding hydrogens is 138 g/mol. The first-order valence-corrected chi connectivity index (χ1v) is 3.43. The Bertz CT molecular complexity index is 231. The molecule has 2 nitrogen and oxygen atoms in total. The van der Waals surface area contributed by atoms with E-state index in [4.69, 9.17) is 10.5 Å². The highest BCUT2D eigenvalue weighted by Crippen LogP contribution is 2.10. The van der Waals surface area contributed by atoms with Crippen molar-refractivity contribution < 1.29 is 4.74 Å². The van der Waals surface area contributed by atoms with Crippen molar-refractivity contribution in [3.05, 3.63) is 42.7 Å². The van der Waals surface area contributed by atoms with Gasteiger partial charge in [-0.15, -0.1) is 0 Å². The van der Waals surface area contributed by atoms with Crippen molar-refractivity contribution in [2.24, 2.45) is 5.73 Å². The van der Waals surface area contributed by atoms with Gasteiger partial charge in [0.1, 0.15) is 11.5 Å². The molecule has 11 heavy (non-hydrogen) atoms. The maximum atomic E-state index is 5.30. The van der Waals surface area contributed by atoms with E-state index in [9.17, 15) is 0 Å². The standard InChI is InChI=1S/C9H11NO/c1-8(7-10)11-9-5-3-2-4-6-9/h2-6H,1,7,10H2. The summed E-state index contributed by atoms with van der Waals surface area (Å²) in [7, 11) is 0. The first kappa shape index (κ1) is 7.82. The van der Waals surface area contributed by atoms with Crippen LogP contribution in [0.2, 0.25) is 0 Å². The van der Waals surface area contributed by atoms with Gasteiger partial charge in [-0.25, -0.2) is 0 Å². The first-order chi connectivity index (χ1) is 5.33. The summed E-state index contributed by atoms with van der Waals surface area (Å²) in [5, 5.41) is 0. The maximum Gasteiger partial charge on any atom is 0.126 e. The third kappa shape index (κ3) is 2.43. The first-order valence-electron chi connectivity index (χ1n) is 3.43. The third-order valence-electron chi connectivity index (χ3n) is 1.23. The Kier molecular flexibility index (Phi) is 2.69. The van der Waals surface area contributed by atoms with Crippen LogP contribution in [0.25, 0.3) is 0 Å². The van der Waals surface area contributed by atoms with E-state index in [1.54, 1.807) is 0 Å². The van der Waals surface area contributed by atoms with E-state index < -0.39 is 0 Å². The van der Waals surface area contributed by atoms with Gasteiger partial charge in [-0.3, -0.25) is 0 Å². The third-order valence-corrected chi connectivity index (χ3v) is 1.23. The Labute approximate surface area is 66.3 Å². The summed E-state index contributed by atoms with van der Waals surface area (Å²) in [6, 6.07) is 9.46. The molecule has 2 heteroatoms. The average Bonchev–Trinajstić information content (AvgIpc) is 2.06. The van der Waals surface area contributed by atoms with Gasteiger partial charge in [0.15, 0.2) is 0 Å². The van der Waals surface area contributed by atoms with Gasteiger partial charge >= 0.3 is 0 Å². The fourth-order valence-electron chi connectivity index (χ4n) is 0.697. The monoisotopic (exact) mass is 149 g/mol. The molecule has 0 atom stereocenters. The van der Waals surface area contributed by atoms with Gasteiger partial charge in [-0.2, -0.15) is 0 Å². The van der Waals surface area contributed by atoms with Crippen molar-refractivity contribution in [2.75, 3.05) is 6.54 Å². The number of benzene rings is 1. The van der Waals surface area contributed by atoms with Crippen molar-refractivity contribution in [1.29, 1.82) is 0 Å². The summed E-state index contributed by atoms with van der Waals surface area (Å²) in [6.45, 7) is 3.98. The van der Waals surface area contributed by atoms with Gasteiger partial charge in [-0.1, -0.05) is 24.8 Å². The highest BCUT2D eigenvalue weighted by Gasteiger charge is 1.92. The average molecular weight is 149 g/mol. The summed E-state index contributed by atoms with van der Waals surface area (Å²) in [5.74, 6) is 1.36. The molecule has 0 unspecified atom stereocenters. The number of nitrogens with two attached hydrogens (primary N) is 1. The highest BCUT2D eigenvalue weighted by molar-refractivity contribution is 5.22. The van der Waals surface area contributed by atoms with Gasteiger partial charge in [0.2, 0.25) is 0 Å². The molecule has 0 saturated carbocycles. The second-order valence-corrected chi connectivity index (χ2v) is 2.16. The van der Waals surface area contributed by atoms with Crippen molar-refractivity contribution in [2.45, 2.75) is 0 Å². The van der Waals surface area contributed by atoms with Gasteiger partial charge in [0.05, 0.1) is 6.54 Å². The molecule has 0 heterocycles. The zero-order chi connectivity index (χ0) is 8.10. The van der Waals surface area contributed by atoms with E-state index in [-0.39, 0.29) is 0 Å². The molecule has 0 spiro atoms. The van der Waals surface area contributed by atoms with Crippen LogP contribution in [0.4, 0.5) is 0 Å². The van der Waals surface area contributed by atoms with Crippen molar-refractivity contribution in [1.82, 2.24) is 0 Å². The van der Waals surface area contributed by atoms with E-state index in [1.165, 1.54) is 0 Å². The fourth-order valence-corrected chi connectivity index (χ4v) is 0.697. The summed E-state index contributed by atoms with van der Waals surface area (Å²) < 4.78 is 5.24. The Hall–Kier alpha value is -1.28. The van der Waals surface area contributed by atoms with Crippen LogP contribution in [-0.4, -0.2) is 6.54 Å².